The summed E-state index contributed by atoms with van der Waals surface area (Å²) in [6, 6.07) is 18.3. The van der Waals surface area contributed by atoms with Crippen LogP contribution >= 0.6 is 0 Å². The second-order valence-corrected chi connectivity index (χ2v) is 10.7. The minimum Gasteiger partial charge on any atom is -0.444 e. The van der Waals surface area contributed by atoms with Gasteiger partial charge >= 0.3 is 11.8 Å². The Morgan fingerprint density at radius 1 is 1.00 bits per heavy atom. The van der Waals surface area contributed by atoms with Crippen molar-refractivity contribution in [3.05, 3.63) is 93.8 Å². The molecule has 2 aromatic heterocycles. The van der Waals surface area contributed by atoms with Gasteiger partial charge in [-0.3, -0.25) is 4.57 Å². The highest BCUT2D eigenvalue weighted by atomic mass is 16.6. The molecule has 0 aliphatic carbocycles. The average Bonchev–Trinajstić information content (AvgIpc) is 2.99. The molecule has 2 aromatic carbocycles. The minimum atomic E-state index is -0.508. The van der Waals surface area contributed by atoms with E-state index in [1.165, 1.54) is 16.8 Å². The predicted octanol–water partition coefficient (Wildman–Crippen LogP) is 4.85. The van der Waals surface area contributed by atoms with E-state index in [9.17, 15) is 9.59 Å². The first-order valence-electron chi connectivity index (χ1n) is 12.9. The molecule has 0 bridgehead atoms. The van der Waals surface area contributed by atoms with Crippen molar-refractivity contribution < 1.29 is 9.53 Å². The third-order valence-corrected chi connectivity index (χ3v) is 6.98. The third kappa shape index (κ3) is 5.31. The van der Waals surface area contributed by atoms with Gasteiger partial charge in [0, 0.05) is 49.5 Å². The van der Waals surface area contributed by atoms with E-state index in [1.54, 1.807) is 9.47 Å². The summed E-state index contributed by atoms with van der Waals surface area (Å²) in [7, 11) is 2.06. The molecule has 0 spiro atoms. The molecule has 0 fully saturated rings. The Bertz CT molecular complexity index is 1500. The van der Waals surface area contributed by atoms with Crippen LogP contribution in [0.4, 0.5) is 4.79 Å². The second kappa shape index (κ2) is 9.88. The molecule has 0 N–H and O–H groups in total. The highest BCUT2D eigenvalue weighted by Gasteiger charge is 2.26. The average molecular weight is 499 g/mol. The number of amides is 1. The van der Waals surface area contributed by atoms with E-state index in [1.807, 2.05) is 57.3 Å². The van der Waals surface area contributed by atoms with Gasteiger partial charge in [0.25, 0.3) is 0 Å². The summed E-state index contributed by atoms with van der Waals surface area (Å²) < 4.78 is 9.39. The van der Waals surface area contributed by atoms with Crippen molar-refractivity contribution in [3.63, 3.8) is 0 Å². The monoisotopic (exact) mass is 498 g/mol. The molecule has 3 heterocycles. The van der Waals surface area contributed by atoms with Crippen LogP contribution in [0, 0.1) is 0 Å². The molecule has 37 heavy (non-hydrogen) atoms. The largest absolute Gasteiger partial charge is 0.444 e. The Balaban J connectivity index is 1.36. The van der Waals surface area contributed by atoms with Gasteiger partial charge < -0.3 is 14.2 Å². The Kier molecular flexibility index (Phi) is 6.63. The molecular weight excluding hydrogens is 464 g/mol. The minimum absolute atomic E-state index is 0.258. The second-order valence-electron chi connectivity index (χ2n) is 10.7. The van der Waals surface area contributed by atoms with Crippen LogP contribution in [-0.4, -0.2) is 43.8 Å². The van der Waals surface area contributed by atoms with Gasteiger partial charge in [-0.1, -0.05) is 36.4 Å². The van der Waals surface area contributed by atoms with Gasteiger partial charge in [0.05, 0.1) is 11.2 Å². The van der Waals surface area contributed by atoms with Crippen molar-refractivity contribution in [1.82, 2.24) is 19.0 Å². The van der Waals surface area contributed by atoms with E-state index in [2.05, 4.69) is 40.9 Å². The fourth-order valence-electron chi connectivity index (χ4n) is 5.10. The number of benzene rings is 2. The van der Waals surface area contributed by atoms with Gasteiger partial charge in [0.2, 0.25) is 0 Å². The Hall–Kier alpha value is -3.87. The summed E-state index contributed by atoms with van der Waals surface area (Å²) in [5.74, 6) is 0. The predicted molar refractivity (Wildman–Crippen MR) is 145 cm³/mol. The first-order chi connectivity index (χ1) is 17.7. The van der Waals surface area contributed by atoms with Crippen LogP contribution in [0.15, 0.2) is 65.6 Å². The molecule has 0 saturated heterocycles. The highest BCUT2D eigenvalue weighted by Crippen LogP contribution is 2.30. The van der Waals surface area contributed by atoms with Crippen LogP contribution in [0.25, 0.3) is 16.6 Å². The van der Waals surface area contributed by atoms with Crippen LogP contribution in [0.1, 0.15) is 43.3 Å². The van der Waals surface area contributed by atoms with E-state index in [0.29, 0.717) is 13.1 Å². The van der Waals surface area contributed by atoms with E-state index in [4.69, 9.17) is 4.74 Å². The van der Waals surface area contributed by atoms with Crippen LogP contribution < -0.4 is 5.69 Å². The summed E-state index contributed by atoms with van der Waals surface area (Å²) in [6.45, 7) is 6.91. The summed E-state index contributed by atoms with van der Waals surface area (Å²) in [5.41, 5.74) is 5.61. The standard InChI is InChI=1S/C30H34N4O3/c1-30(2,3)37-29(36)33-17-15-25-24-13-12-23(20-27(24)32(4)26(25)16-18-33)34-19-14-22(31-28(34)35)11-10-21-8-6-5-7-9-21/h5-9,12-14,19-20H,10-11,15-18H2,1-4H3. The van der Waals surface area contributed by atoms with Gasteiger partial charge in [-0.2, -0.15) is 4.98 Å². The SMILES string of the molecule is Cn1c2c(c3ccc(-n4ccc(CCc5ccccc5)nc4=O)cc31)CCN(C(=O)OC(C)(C)C)CC2. The summed E-state index contributed by atoms with van der Waals surface area (Å²) in [6.07, 6.45) is 4.66. The topological polar surface area (TPSA) is 69.4 Å². The van der Waals surface area contributed by atoms with Gasteiger partial charge in [-0.25, -0.2) is 9.59 Å². The van der Waals surface area contributed by atoms with Gasteiger partial charge in [-0.05, 0) is 69.4 Å². The molecule has 7 nitrogen and oxygen atoms in total. The molecule has 5 rings (SSSR count). The van der Waals surface area contributed by atoms with Crippen molar-refractivity contribution in [2.75, 3.05) is 13.1 Å². The number of rotatable bonds is 4. The fraction of sp³-hybridized carbons (Fsp3) is 0.367. The van der Waals surface area contributed by atoms with E-state index >= 15 is 0 Å². The quantitative estimate of drug-likeness (QED) is 0.404. The van der Waals surface area contributed by atoms with Crippen LogP contribution in [0.5, 0.6) is 0 Å². The summed E-state index contributed by atoms with van der Waals surface area (Å²) in [5, 5.41) is 1.16. The zero-order chi connectivity index (χ0) is 26.2. The Morgan fingerprint density at radius 3 is 2.49 bits per heavy atom. The van der Waals surface area contributed by atoms with E-state index in [-0.39, 0.29) is 11.8 Å². The van der Waals surface area contributed by atoms with Crippen LogP contribution in [0.2, 0.25) is 0 Å². The summed E-state index contributed by atoms with van der Waals surface area (Å²) >= 11 is 0. The zero-order valence-corrected chi connectivity index (χ0v) is 22.0. The zero-order valence-electron chi connectivity index (χ0n) is 22.0. The van der Waals surface area contributed by atoms with Crippen molar-refractivity contribution in [1.29, 1.82) is 0 Å². The van der Waals surface area contributed by atoms with Gasteiger partial charge in [0.1, 0.15) is 5.60 Å². The van der Waals surface area contributed by atoms with Crippen LogP contribution in [0.3, 0.4) is 0 Å². The number of hydrogen-bond acceptors (Lipinski definition) is 4. The number of aromatic nitrogens is 3. The molecule has 0 atom stereocenters. The molecule has 0 unspecified atom stereocenters. The van der Waals surface area contributed by atoms with Gasteiger partial charge in [0.15, 0.2) is 0 Å². The molecule has 7 heteroatoms. The molecule has 4 aromatic rings. The number of hydrogen-bond donors (Lipinski definition) is 0. The molecule has 0 saturated carbocycles. The smallest absolute Gasteiger partial charge is 0.410 e. The number of nitrogens with zero attached hydrogens (tertiary/aromatic N) is 4. The molecule has 1 amide bonds. The summed E-state index contributed by atoms with van der Waals surface area (Å²) in [4.78, 5) is 31.7. The van der Waals surface area contributed by atoms with Crippen LogP contribution in [-0.2, 0) is 37.5 Å². The maximum Gasteiger partial charge on any atom is 0.410 e. The first kappa shape index (κ1) is 24.8. The number of fused-ring (bicyclic) bond motifs is 3. The number of aryl methyl sites for hydroxylation is 3. The molecule has 192 valence electrons. The number of carbonyl (C=O) groups is 1. The fourth-order valence-corrected chi connectivity index (χ4v) is 5.10. The lowest BCUT2D eigenvalue weighted by molar-refractivity contribution is 0.0258. The molecule has 0 radical (unpaired) electrons. The number of ether oxygens (including phenoxy) is 1. The lowest BCUT2D eigenvalue weighted by atomic mass is 10.1. The molecular formula is C30H34N4O3. The molecule has 1 aliphatic heterocycles. The van der Waals surface area contributed by atoms with Gasteiger partial charge in [-0.15, -0.1) is 0 Å². The first-order valence-corrected chi connectivity index (χ1v) is 12.9. The third-order valence-electron chi connectivity index (χ3n) is 6.98. The normalized spacial score (nSPS) is 13.9. The maximum absolute atomic E-state index is 12.9. The van der Waals surface area contributed by atoms with Crippen molar-refractivity contribution in [2.45, 2.75) is 52.1 Å². The lowest BCUT2D eigenvalue weighted by Crippen LogP contribution is -2.38. The number of carbonyl (C=O) groups excluding carboxylic acids is 1. The van der Waals surface area contributed by atoms with Crippen molar-refractivity contribution in [2.24, 2.45) is 7.05 Å². The van der Waals surface area contributed by atoms with E-state index < -0.39 is 5.60 Å². The maximum atomic E-state index is 12.9. The van der Waals surface area contributed by atoms with Crippen molar-refractivity contribution >= 4 is 17.0 Å². The lowest BCUT2D eigenvalue weighted by Gasteiger charge is -2.26. The van der Waals surface area contributed by atoms with Crippen molar-refractivity contribution in [3.8, 4) is 5.69 Å². The Morgan fingerprint density at radius 2 is 1.76 bits per heavy atom. The highest BCUT2D eigenvalue weighted by molar-refractivity contribution is 5.87. The Labute approximate surface area is 217 Å². The molecule has 1 aliphatic rings. The van der Waals surface area contributed by atoms with E-state index in [0.717, 1.165) is 48.0 Å².